The number of carbonyl (C=O) groups is 4. The predicted molar refractivity (Wildman–Crippen MR) is 156 cm³/mol. The molecule has 6 nitrogen and oxygen atoms in total. The Hall–Kier alpha value is -4.10. The average molecular weight is 596 g/mol. The molecule has 1 saturated heterocycles. The largest absolute Gasteiger partial charge is 0.507 e. The van der Waals surface area contributed by atoms with E-state index in [2.05, 4.69) is 29.1 Å². The van der Waals surface area contributed by atoms with Gasteiger partial charge in [0.1, 0.15) is 5.75 Å². The molecule has 7 heteroatoms. The number of carbonyl (C=O) groups excluding carboxylic acids is 4. The van der Waals surface area contributed by atoms with E-state index in [0.29, 0.717) is 40.8 Å². The molecular weight excluding hydrogens is 570 g/mol. The minimum Gasteiger partial charge on any atom is -0.507 e. The minimum absolute atomic E-state index is 0.0366. The first-order chi connectivity index (χ1) is 19.3. The Balaban J connectivity index is 1.49. The van der Waals surface area contributed by atoms with Gasteiger partial charge in [0.05, 0.1) is 22.0 Å². The van der Waals surface area contributed by atoms with Crippen molar-refractivity contribution in [3.05, 3.63) is 112 Å². The average Bonchev–Trinajstić information content (AvgIpc) is 3.21. The SMILES string of the molecule is C=CCc1cccc([C@H]2C3=CC[C@@H]4C(=O)N(c5ccc(C=C)cc5)C(=O)[C@@H]4[C@@H]3CC3=C2C(=O)C=C(Br)C3=O)c1O. The van der Waals surface area contributed by atoms with Crippen molar-refractivity contribution in [3.63, 3.8) is 0 Å². The van der Waals surface area contributed by atoms with Gasteiger partial charge < -0.3 is 5.11 Å². The van der Waals surface area contributed by atoms with Gasteiger partial charge in [-0.2, -0.15) is 0 Å². The molecule has 1 aliphatic heterocycles. The van der Waals surface area contributed by atoms with Crippen molar-refractivity contribution < 1.29 is 24.3 Å². The van der Waals surface area contributed by atoms with Crippen molar-refractivity contribution in [1.82, 2.24) is 0 Å². The number of benzene rings is 2. The fourth-order valence-corrected chi connectivity index (χ4v) is 7.19. The highest BCUT2D eigenvalue weighted by atomic mass is 79.9. The van der Waals surface area contributed by atoms with Gasteiger partial charge in [0, 0.05) is 28.7 Å². The number of para-hydroxylation sites is 1. The Morgan fingerprint density at radius 1 is 1.00 bits per heavy atom. The summed E-state index contributed by atoms with van der Waals surface area (Å²) in [6.45, 7) is 7.53. The number of nitrogens with zero attached hydrogens (tertiary/aromatic N) is 1. The third-order valence-electron chi connectivity index (χ3n) is 8.54. The number of ketones is 2. The maximum Gasteiger partial charge on any atom is 0.238 e. The second-order valence-corrected chi connectivity index (χ2v) is 11.4. The number of allylic oxidation sites excluding steroid dienone is 7. The van der Waals surface area contributed by atoms with Gasteiger partial charge in [-0.15, -0.1) is 6.58 Å². The second-order valence-electron chi connectivity index (χ2n) is 10.5. The van der Waals surface area contributed by atoms with E-state index >= 15 is 0 Å². The summed E-state index contributed by atoms with van der Waals surface area (Å²) in [5.74, 6) is -3.61. The molecule has 0 spiro atoms. The van der Waals surface area contributed by atoms with E-state index in [9.17, 15) is 24.3 Å². The molecule has 2 aromatic carbocycles. The van der Waals surface area contributed by atoms with Gasteiger partial charge in [0.15, 0.2) is 11.6 Å². The van der Waals surface area contributed by atoms with Crippen LogP contribution in [-0.4, -0.2) is 28.5 Å². The first-order valence-electron chi connectivity index (χ1n) is 13.2. The third-order valence-corrected chi connectivity index (χ3v) is 9.13. The molecule has 6 rings (SSSR count). The quantitative estimate of drug-likeness (QED) is 0.271. The number of fused-ring (bicyclic) bond motifs is 3. The highest BCUT2D eigenvalue weighted by Gasteiger charge is 2.56. The smallest absolute Gasteiger partial charge is 0.238 e. The topological polar surface area (TPSA) is 91.8 Å². The van der Waals surface area contributed by atoms with Crippen molar-refractivity contribution in [1.29, 1.82) is 0 Å². The number of imide groups is 1. The van der Waals surface area contributed by atoms with E-state index < -0.39 is 23.7 Å². The molecule has 0 saturated carbocycles. The van der Waals surface area contributed by atoms with E-state index in [-0.39, 0.29) is 40.0 Å². The Bertz CT molecular complexity index is 1630. The number of Topliss-reactive ketones (excluding diaryl/α,β-unsaturated/α-hetero) is 1. The summed E-state index contributed by atoms with van der Waals surface area (Å²) >= 11 is 3.24. The number of hydrogen-bond donors (Lipinski definition) is 1. The van der Waals surface area contributed by atoms with Crippen LogP contribution in [0, 0.1) is 17.8 Å². The number of anilines is 1. The monoisotopic (exact) mass is 595 g/mol. The number of halogens is 1. The van der Waals surface area contributed by atoms with Crippen molar-refractivity contribution in [3.8, 4) is 5.75 Å². The van der Waals surface area contributed by atoms with Crippen molar-refractivity contribution in [2.24, 2.45) is 17.8 Å². The summed E-state index contributed by atoms with van der Waals surface area (Å²) in [7, 11) is 0. The van der Waals surface area contributed by atoms with E-state index in [0.717, 1.165) is 11.1 Å². The Morgan fingerprint density at radius 2 is 1.75 bits per heavy atom. The van der Waals surface area contributed by atoms with E-state index in [4.69, 9.17) is 0 Å². The number of hydrogen-bond acceptors (Lipinski definition) is 5. The molecule has 0 radical (unpaired) electrons. The number of phenolic OH excluding ortho intramolecular Hbond substituents is 1. The molecule has 1 N–H and O–H groups in total. The molecule has 1 fully saturated rings. The molecule has 2 aromatic rings. The van der Waals surface area contributed by atoms with Gasteiger partial charge in [0.2, 0.25) is 11.8 Å². The van der Waals surface area contributed by atoms with E-state index in [1.807, 2.05) is 12.1 Å². The van der Waals surface area contributed by atoms with Crippen LogP contribution in [-0.2, 0) is 25.6 Å². The fraction of sp³-hybridized carbons (Fsp3) is 0.212. The maximum atomic E-state index is 14.0. The predicted octanol–water partition coefficient (Wildman–Crippen LogP) is 5.73. The zero-order chi connectivity index (χ0) is 28.3. The first-order valence-corrected chi connectivity index (χ1v) is 14.0. The zero-order valence-electron chi connectivity index (χ0n) is 21.6. The van der Waals surface area contributed by atoms with Gasteiger partial charge in [-0.25, -0.2) is 0 Å². The van der Waals surface area contributed by atoms with Crippen LogP contribution in [0.1, 0.15) is 35.4 Å². The molecule has 0 unspecified atom stereocenters. The highest BCUT2D eigenvalue weighted by molar-refractivity contribution is 9.12. The van der Waals surface area contributed by atoms with Crippen LogP contribution in [0.4, 0.5) is 5.69 Å². The molecule has 0 aromatic heterocycles. The van der Waals surface area contributed by atoms with Crippen molar-refractivity contribution in [2.45, 2.75) is 25.2 Å². The lowest BCUT2D eigenvalue weighted by atomic mass is 9.59. The molecule has 4 atom stereocenters. The van der Waals surface area contributed by atoms with Crippen LogP contribution in [0.3, 0.4) is 0 Å². The van der Waals surface area contributed by atoms with Crippen LogP contribution in [0.25, 0.3) is 6.08 Å². The van der Waals surface area contributed by atoms with E-state index in [1.54, 1.807) is 48.6 Å². The van der Waals surface area contributed by atoms with Crippen LogP contribution in [0.2, 0.25) is 0 Å². The molecular formula is C33H26BrNO5. The summed E-state index contributed by atoms with van der Waals surface area (Å²) in [5, 5.41) is 11.3. The summed E-state index contributed by atoms with van der Waals surface area (Å²) in [6, 6.07) is 12.4. The van der Waals surface area contributed by atoms with E-state index in [1.165, 1.54) is 11.0 Å². The third kappa shape index (κ3) is 3.83. The maximum absolute atomic E-state index is 14.0. The number of aromatic hydroxyl groups is 1. The lowest BCUT2D eigenvalue weighted by molar-refractivity contribution is -0.123. The zero-order valence-corrected chi connectivity index (χ0v) is 23.2. The molecule has 200 valence electrons. The lowest BCUT2D eigenvalue weighted by Crippen LogP contribution is -2.39. The van der Waals surface area contributed by atoms with Gasteiger partial charge >= 0.3 is 0 Å². The molecule has 2 amide bonds. The minimum atomic E-state index is -0.711. The molecule has 4 aliphatic rings. The summed E-state index contributed by atoms with van der Waals surface area (Å²) in [6.07, 6.45) is 7.53. The van der Waals surface area contributed by atoms with Crippen LogP contribution < -0.4 is 4.90 Å². The molecule has 3 aliphatic carbocycles. The Labute approximate surface area is 240 Å². The highest BCUT2D eigenvalue weighted by Crippen LogP contribution is 2.56. The van der Waals surface area contributed by atoms with Gasteiger partial charge in [0.25, 0.3) is 0 Å². The fourth-order valence-electron chi connectivity index (χ4n) is 6.74. The van der Waals surface area contributed by atoms with Gasteiger partial charge in [-0.3, -0.25) is 24.1 Å². The van der Waals surface area contributed by atoms with Crippen LogP contribution in [0.15, 0.2) is 95.1 Å². The summed E-state index contributed by atoms with van der Waals surface area (Å²) in [5.41, 5.74) is 3.97. The Morgan fingerprint density at radius 3 is 2.45 bits per heavy atom. The van der Waals surface area contributed by atoms with Crippen molar-refractivity contribution in [2.75, 3.05) is 4.90 Å². The van der Waals surface area contributed by atoms with Crippen molar-refractivity contribution >= 4 is 51.1 Å². The summed E-state index contributed by atoms with van der Waals surface area (Å²) in [4.78, 5) is 55.7. The molecule has 40 heavy (non-hydrogen) atoms. The van der Waals surface area contributed by atoms with Crippen LogP contribution >= 0.6 is 15.9 Å². The molecule has 0 bridgehead atoms. The number of amides is 2. The van der Waals surface area contributed by atoms with Gasteiger partial charge in [-0.1, -0.05) is 60.7 Å². The Kier molecular flexibility index (Phi) is 6.42. The number of phenols is 1. The number of rotatable bonds is 5. The first kappa shape index (κ1) is 26.1. The van der Waals surface area contributed by atoms with Gasteiger partial charge in [-0.05, 0) is 64.4 Å². The normalized spacial score (nSPS) is 25.7. The summed E-state index contributed by atoms with van der Waals surface area (Å²) < 4.78 is 0.164. The van der Waals surface area contributed by atoms with Crippen LogP contribution in [0.5, 0.6) is 5.75 Å². The molecule has 1 heterocycles. The standard InChI is InChI=1S/C33H26BrNO5/c1-3-6-18-7-5-8-21(30(18)37)27-20-13-14-22-28(23(20)15-24-29(27)26(36)16-25(34)31(24)38)33(40)35(32(22)39)19-11-9-17(4-2)10-12-19/h3-5,7-13,16,22-23,27-28,37H,1-2,6,14-15H2/t22-,23+,27+,28-/m0/s1. The lowest BCUT2D eigenvalue weighted by Gasteiger charge is -2.42. The second kappa shape index (κ2) is 9.82.